The van der Waals surface area contributed by atoms with Crippen molar-refractivity contribution >= 4 is 11.7 Å². The lowest BCUT2D eigenvalue weighted by Gasteiger charge is -2.20. The van der Waals surface area contributed by atoms with Gasteiger partial charge in [0.05, 0.1) is 6.42 Å². The van der Waals surface area contributed by atoms with E-state index in [1.807, 2.05) is 26.8 Å². The van der Waals surface area contributed by atoms with Gasteiger partial charge >= 0.3 is 0 Å². The maximum atomic E-state index is 13.0. The molecule has 1 saturated carbocycles. The highest BCUT2D eigenvalue weighted by molar-refractivity contribution is 5.78. The molecular weight excluding hydrogens is 390 g/mol. The monoisotopic (exact) mass is 421 g/mol. The third kappa shape index (κ3) is 4.50. The fourth-order valence-corrected chi connectivity index (χ4v) is 4.92. The Balaban J connectivity index is 1.39. The number of fused-ring (bicyclic) bond motifs is 2. The fourth-order valence-electron chi connectivity index (χ4n) is 4.92. The molecule has 1 fully saturated rings. The molecule has 2 heterocycles. The second-order valence-corrected chi connectivity index (χ2v) is 8.94. The molecule has 2 aliphatic rings. The molecule has 2 bridgehead atoms. The average molecular weight is 422 g/mol. The lowest BCUT2D eigenvalue weighted by molar-refractivity contribution is -0.120. The van der Waals surface area contributed by atoms with Gasteiger partial charge in [-0.25, -0.2) is 9.66 Å². The van der Waals surface area contributed by atoms with Crippen LogP contribution >= 0.6 is 0 Å². The van der Waals surface area contributed by atoms with Crippen molar-refractivity contribution < 1.29 is 4.79 Å². The molecule has 2 aromatic rings. The molecule has 0 radical (unpaired) electrons. The number of hydrogen-bond acceptors (Lipinski definition) is 5. The fraction of sp³-hybridized carbons (Fsp3) is 0.458. The number of hydrogen-bond donors (Lipinski definition) is 3. The van der Waals surface area contributed by atoms with Gasteiger partial charge in [-0.2, -0.15) is 0 Å². The lowest BCUT2D eigenvalue weighted by atomic mass is 9.94. The number of aryl methyl sites for hydroxylation is 3. The predicted octanol–water partition coefficient (Wildman–Crippen LogP) is 2.37. The zero-order valence-electron chi connectivity index (χ0n) is 18.4. The Bertz CT molecular complexity index is 1060. The summed E-state index contributed by atoms with van der Waals surface area (Å²) in [6.07, 6.45) is 8.86. The summed E-state index contributed by atoms with van der Waals surface area (Å²) in [5, 5.41) is 2.92. The maximum absolute atomic E-state index is 13.0. The van der Waals surface area contributed by atoms with Crippen LogP contribution in [-0.4, -0.2) is 22.1 Å². The minimum Gasteiger partial charge on any atom is -0.384 e. The van der Waals surface area contributed by atoms with E-state index in [0.29, 0.717) is 35.7 Å². The Hall–Kier alpha value is -3.09. The topological polar surface area (TPSA) is 102 Å². The summed E-state index contributed by atoms with van der Waals surface area (Å²) in [5.74, 6) is 2.18. The molecule has 164 valence electrons. The van der Waals surface area contributed by atoms with Crippen molar-refractivity contribution in [3.05, 3.63) is 68.8 Å². The molecule has 3 atom stereocenters. The standard InChI is InChI=1S/C24H31N5O2/c1-14-6-7-29(27-12-19-10-17-4-5-18(19)9-17)24(31)20(14)11-23(30)26-13-21-15(2)8-22(25)28-16(21)3/h4-8,17-19,27H,9-13H2,1-3H3,(H2,25,28)(H,26,30)/t17-,18+,19?/m1/s1. The van der Waals surface area contributed by atoms with Gasteiger partial charge in [0, 0.05) is 30.5 Å². The molecule has 7 nitrogen and oxygen atoms in total. The van der Waals surface area contributed by atoms with Crippen LogP contribution in [0.25, 0.3) is 0 Å². The van der Waals surface area contributed by atoms with Gasteiger partial charge in [-0.05, 0) is 80.2 Å². The number of carbonyl (C=O) groups excluding carboxylic acids is 1. The summed E-state index contributed by atoms with van der Waals surface area (Å²) >= 11 is 0. The third-order valence-corrected chi connectivity index (χ3v) is 6.74. The van der Waals surface area contributed by atoms with Crippen LogP contribution in [0.3, 0.4) is 0 Å². The predicted molar refractivity (Wildman–Crippen MR) is 122 cm³/mol. The van der Waals surface area contributed by atoms with Gasteiger partial charge in [0.2, 0.25) is 5.91 Å². The van der Waals surface area contributed by atoms with E-state index < -0.39 is 0 Å². The molecule has 0 spiro atoms. The molecule has 0 aliphatic heterocycles. The molecule has 1 amide bonds. The van der Waals surface area contributed by atoms with E-state index in [9.17, 15) is 9.59 Å². The number of allylic oxidation sites excluding steroid dienone is 2. The molecule has 4 N–H and O–H groups in total. The highest BCUT2D eigenvalue weighted by Gasteiger charge is 2.35. The zero-order chi connectivity index (χ0) is 22.1. The first-order valence-corrected chi connectivity index (χ1v) is 10.9. The number of nitrogen functional groups attached to an aromatic ring is 1. The Labute approximate surface area is 182 Å². The third-order valence-electron chi connectivity index (χ3n) is 6.74. The number of amides is 1. The molecule has 7 heteroatoms. The highest BCUT2D eigenvalue weighted by atomic mass is 16.2. The first-order valence-electron chi connectivity index (χ1n) is 10.9. The Morgan fingerprint density at radius 3 is 2.68 bits per heavy atom. The largest absolute Gasteiger partial charge is 0.384 e. The second kappa shape index (κ2) is 8.57. The van der Waals surface area contributed by atoms with E-state index in [2.05, 4.69) is 27.9 Å². The smallest absolute Gasteiger partial charge is 0.272 e. The van der Waals surface area contributed by atoms with Crippen LogP contribution in [0.2, 0.25) is 0 Å². The first kappa shape index (κ1) is 21.2. The van der Waals surface area contributed by atoms with Crippen molar-refractivity contribution in [2.75, 3.05) is 17.7 Å². The van der Waals surface area contributed by atoms with Crippen LogP contribution in [0.4, 0.5) is 5.82 Å². The summed E-state index contributed by atoms with van der Waals surface area (Å²) < 4.78 is 1.53. The molecule has 2 aliphatic carbocycles. The van der Waals surface area contributed by atoms with Crippen LogP contribution in [-0.2, 0) is 17.8 Å². The maximum Gasteiger partial charge on any atom is 0.272 e. The summed E-state index contributed by atoms with van der Waals surface area (Å²) in [4.78, 5) is 29.9. The summed E-state index contributed by atoms with van der Waals surface area (Å²) in [6.45, 7) is 6.82. The summed E-state index contributed by atoms with van der Waals surface area (Å²) in [6, 6.07) is 3.68. The lowest BCUT2D eigenvalue weighted by Crippen LogP contribution is -2.36. The molecule has 31 heavy (non-hydrogen) atoms. The number of nitrogens with two attached hydrogens (primary N) is 1. The Morgan fingerprint density at radius 2 is 2.00 bits per heavy atom. The number of rotatable bonds is 7. The number of anilines is 1. The molecular formula is C24H31N5O2. The number of pyridine rings is 2. The minimum atomic E-state index is -0.188. The SMILES string of the molecule is Cc1cc(N)nc(C)c1CNC(=O)Cc1c(C)ccn(NCC2C[C@@H]3C=C[C@H]2C3)c1=O. The van der Waals surface area contributed by atoms with E-state index in [0.717, 1.165) is 28.9 Å². The second-order valence-electron chi connectivity index (χ2n) is 8.94. The highest BCUT2D eigenvalue weighted by Crippen LogP contribution is 2.43. The van der Waals surface area contributed by atoms with Crippen molar-refractivity contribution in [3.63, 3.8) is 0 Å². The van der Waals surface area contributed by atoms with Gasteiger partial charge < -0.3 is 16.5 Å². The average Bonchev–Trinajstić information content (AvgIpc) is 3.33. The molecule has 4 rings (SSSR count). The van der Waals surface area contributed by atoms with Gasteiger partial charge in [0.1, 0.15) is 5.82 Å². The molecule has 2 aromatic heterocycles. The molecule has 1 unspecified atom stereocenters. The van der Waals surface area contributed by atoms with Crippen LogP contribution < -0.4 is 22.0 Å². The van der Waals surface area contributed by atoms with Crippen LogP contribution in [0.1, 0.15) is 40.8 Å². The van der Waals surface area contributed by atoms with Gasteiger partial charge in [-0.15, -0.1) is 0 Å². The van der Waals surface area contributed by atoms with Crippen LogP contribution in [0.5, 0.6) is 0 Å². The van der Waals surface area contributed by atoms with Crippen molar-refractivity contribution in [1.29, 1.82) is 0 Å². The van der Waals surface area contributed by atoms with Gasteiger partial charge in [-0.1, -0.05) is 12.2 Å². The number of nitrogens with zero attached hydrogens (tertiary/aromatic N) is 2. The van der Waals surface area contributed by atoms with Crippen LogP contribution in [0.15, 0.2) is 35.3 Å². The Kier molecular flexibility index (Phi) is 5.85. The van der Waals surface area contributed by atoms with Gasteiger partial charge in [0.25, 0.3) is 5.56 Å². The quantitative estimate of drug-likeness (QED) is 0.596. The zero-order valence-corrected chi connectivity index (χ0v) is 18.4. The van der Waals surface area contributed by atoms with Crippen molar-refractivity contribution in [2.45, 2.75) is 46.6 Å². The number of aromatic nitrogens is 2. The van der Waals surface area contributed by atoms with E-state index in [1.165, 1.54) is 17.5 Å². The minimum absolute atomic E-state index is 0.0462. The first-order chi connectivity index (χ1) is 14.8. The van der Waals surface area contributed by atoms with Gasteiger partial charge in [-0.3, -0.25) is 9.59 Å². The van der Waals surface area contributed by atoms with Crippen molar-refractivity contribution in [1.82, 2.24) is 15.0 Å². The van der Waals surface area contributed by atoms with E-state index >= 15 is 0 Å². The van der Waals surface area contributed by atoms with E-state index in [-0.39, 0.29) is 17.9 Å². The van der Waals surface area contributed by atoms with Crippen LogP contribution in [0, 0.1) is 38.5 Å². The Morgan fingerprint density at radius 1 is 1.19 bits per heavy atom. The summed E-state index contributed by atoms with van der Waals surface area (Å²) in [5.41, 5.74) is 13.0. The van der Waals surface area contributed by atoms with E-state index in [1.54, 1.807) is 12.3 Å². The molecule has 0 saturated heterocycles. The van der Waals surface area contributed by atoms with Crippen molar-refractivity contribution in [3.8, 4) is 0 Å². The van der Waals surface area contributed by atoms with Gasteiger partial charge in [0.15, 0.2) is 0 Å². The van der Waals surface area contributed by atoms with E-state index in [4.69, 9.17) is 5.73 Å². The summed E-state index contributed by atoms with van der Waals surface area (Å²) in [7, 11) is 0. The molecule has 0 aromatic carbocycles. The van der Waals surface area contributed by atoms with Crippen molar-refractivity contribution in [2.24, 2.45) is 17.8 Å². The normalized spacial score (nSPS) is 21.5. The number of nitrogens with one attached hydrogen (secondary N) is 2. The number of carbonyl (C=O) groups is 1.